The molecule has 1 saturated carbocycles. The van der Waals surface area contributed by atoms with Crippen molar-refractivity contribution in [2.75, 3.05) is 13.1 Å². The molecule has 1 aliphatic carbocycles. The van der Waals surface area contributed by atoms with Gasteiger partial charge < -0.3 is 4.98 Å². The van der Waals surface area contributed by atoms with E-state index in [0.29, 0.717) is 53.7 Å². The second-order valence-corrected chi connectivity index (χ2v) is 10.4. The molecule has 0 amide bonds. The summed E-state index contributed by atoms with van der Waals surface area (Å²) < 4.78 is 40.8. The summed E-state index contributed by atoms with van der Waals surface area (Å²) in [7, 11) is -3.19. The van der Waals surface area contributed by atoms with Crippen LogP contribution in [0.15, 0.2) is 24.7 Å². The van der Waals surface area contributed by atoms with Crippen LogP contribution in [0.2, 0.25) is 5.02 Å². The van der Waals surface area contributed by atoms with Gasteiger partial charge in [0.05, 0.1) is 22.2 Å². The largest absolute Gasteiger partial charge is 0.345 e. The Labute approximate surface area is 172 Å². The van der Waals surface area contributed by atoms with Crippen molar-refractivity contribution in [2.45, 2.75) is 30.9 Å². The Morgan fingerprint density at radius 1 is 1.24 bits per heavy atom. The highest BCUT2D eigenvalue weighted by Crippen LogP contribution is 2.34. The van der Waals surface area contributed by atoms with E-state index in [1.54, 1.807) is 22.8 Å². The fraction of sp³-hybridized carbons (Fsp3) is 0.421. The summed E-state index contributed by atoms with van der Waals surface area (Å²) in [6, 6.07) is 1.76. The number of H-pyrrole nitrogens is 1. The van der Waals surface area contributed by atoms with Crippen LogP contribution in [0, 0.1) is 11.7 Å². The van der Waals surface area contributed by atoms with Gasteiger partial charge in [0.25, 0.3) is 0 Å². The summed E-state index contributed by atoms with van der Waals surface area (Å²) in [5.41, 5.74) is 1.64. The lowest BCUT2D eigenvalue weighted by molar-refractivity contribution is 0.450. The Kier molecular flexibility index (Phi) is 4.56. The van der Waals surface area contributed by atoms with E-state index in [0.717, 1.165) is 18.2 Å². The van der Waals surface area contributed by atoms with Gasteiger partial charge in [-0.3, -0.25) is 0 Å². The minimum atomic E-state index is -3.19. The van der Waals surface area contributed by atoms with Crippen LogP contribution < -0.4 is 0 Å². The van der Waals surface area contributed by atoms with Crippen LogP contribution in [0.5, 0.6) is 0 Å². The monoisotopic (exact) mass is 435 g/mol. The van der Waals surface area contributed by atoms with Crippen molar-refractivity contribution in [1.29, 1.82) is 0 Å². The molecule has 2 aliphatic rings. The summed E-state index contributed by atoms with van der Waals surface area (Å²) in [4.78, 5) is 15.9. The molecule has 152 valence electrons. The zero-order valence-electron chi connectivity index (χ0n) is 15.5. The predicted molar refractivity (Wildman–Crippen MR) is 107 cm³/mol. The molecule has 29 heavy (non-hydrogen) atoms. The Balaban J connectivity index is 1.39. The van der Waals surface area contributed by atoms with Crippen molar-refractivity contribution < 1.29 is 12.8 Å². The Hall–Kier alpha value is -2.10. The van der Waals surface area contributed by atoms with Gasteiger partial charge in [-0.15, -0.1) is 0 Å². The second-order valence-electron chi connectivity index (χ2n) is 7.70. The average Bonchev–Trinajstić information content (AvgIpc) is 3.32. The molecular weight excluding hydrogens is 417 g/mol. The van der Waals surface area contributed by atoms with E-state index in [1.165, 1.54) is 6.20 Å². The molecule has 0 unspecified atom stereocenters. The zero-order valence-corrected chi connectivity index (χ0v) is 17.0. The minimum absolute atomic E-state index is 0.0415. The summed E-state index contributed by atoms with van der Waals surface area (Å²) in [6.07, 6.45) is 7.01. The van der Waals surface area contributed by atoms with Crippen molar-refractivity contribution in [3.05, 3.63) is 41.2 Å². The van der Waals surface area contributed by atoms with Gasteiger partial charge in [0.2, 0.25) is 10.0 Å². The smallest absolute Gasteiger partial charge is 0.216 e. The van der Waals surface area contributed by atoms with Crippen molar-refractivity contribution in [3.8, 4) is 11.4 Å². The van der Waals surface area contributed by atoms with Gasteiger partial charge in [0, 0.05) is 36.4 Å². The summed E-state index contributed by atoms with van der Waals surface area (Å²) in [6.45, 7) is 0.917. The van der Waals surface area contributed by atoms with Crippen LogP contribution >= 0.6 is 11.6 Å². The molecule has 0 aromatic carbocycles. The molecular formula is C19H19ClFN5O2S. The molecule has 0 radical (unpaired) electrons. The SMILES string of the molecule is O=S(=O)(C1CC1)N1CC[C@H](Cc2nc(-c3c[nH]c4ncc(Cl)cc34)ncc2F)C1. The van der Waals surface area contributed by atoms with Crippen LogP contribution in [-0.2, 0) is 16.4 Å². The van der Waals surface area contributed by atoms with Gasteiger partial charge in [-0.05, 0) is 37.7 Å². The fourth-order valence-corrected chi connectivity index (χ4v) is 5.97. The third-order valence-electron chi connectivity index (χ3n) is 5.59. The number of nitrogens with one attached hydrogen (secondary N) is 1. The van der Waals surface area contributed by atoms with Gasteiger partial charge >= 0.3 is 0 Å². The molecule has 1 atom stereocenters. The highest BCUT2D eigenvalue weighted by atomic mass is 35.5. The van der Waals surface area contributed by atoms with Crippen molar-refractivity contribution >= 4 is 32.7 Å². The van der Waals surface area contributed by atoms with E-state index < -0.39 is 15.8 Å². The molecule has 3 aromatic rings. The first kappa shape index (κ1) is 18.9. The maximum absolute atomic E-state index is 14.4. The Bertz CT molecular complexity index is 1190. The summed E-state index contributed by atoms with van der Waals surface area (Å²) >= 11 is 6.05. The summed E-state index contributed by atoms with van der Waals surface area (Å²) in [5, 5.41) is 1.03. The Morgan fingerprint density at radius 2 is 2.07 bits per heavy atom. The number of rotatable bonds is 5. The Morgan fingerprint density at radius 3 is 2.86 bits per heavy atom. The molecule has 5 rings (SSSR count). The summed E-state index contributed by atoms with van der Waals surface area (Å²) in [5.74, 6) is -0.0507. The van der Waals surface area contributed by atoms with Crippen LogP contribution in [-0.4, -0.2) is 51.0 Å². The second kappa shape index (κ2) is 7.00. The lowest BCUT2D eigenvalue weighted by Gasteiger charge is -2.16. The average molecular weight is 436 g/mol. The van der Waals surface area contributed by atoms with Crippen molar-refractivity contribution in [3.63, 3.8) is 0 Å². The lowest BCUT2D eigenvalue weighted by atomic mass is 10.0. The number of nitrogens with zero attached hydrogens (tertiary/aromatic N) is 4. The first-order valence-electron chi connectivity index (χ1n) is 9.55. The number of aromatic amines is 1. The number of halogens is 2. The molecule has 4 heterocycles. The zero-order chi connectivity index (χ0) is 20.2. The van der Waals surface area contributed by atoms with Gasteiger partial charge in [-0.2, -0.15) is 0 Å². The number of fused-ring (bicyclic) bond motifs is 1. The standard InChI is InChI=1S/C19H19ClFN5O2S/c20-12-6-14-15(8-23-18(14)22-7-12)19-24-9-16(21)17(25-19)5-11-3-4-26(10-11)29(27,28)13-1-2-13/h6-9,11,13H,1-5,10H2,(H,22,23)/t11-/m1/s1. The topological polar surface area (TPSA) is 91.8 Å². The van der Waals surface area contributed by atoms with E-state index in [1.807, 2.05) is 0 Å². The molecule has 3 aromatic heterocycles. The normalized spacial score (nSPS) is 20.6. The van der Waals surface area contributed by atoms with Crippen molar-refractivity contribution in [1.82, 2.24) is 24.2 Å². The van der Waals surface area contributed by atoms with Gasteiger partial charge in [-0.1, -0.05) is 11.6 Å². The fourth-order valence-electron chi connectivity index (χ4n) is 3.88. The minimum Gasteiger partial charge on any atom is -0.345 e. The maximum Gasteiger partial charge on any atom is 0.216 e. The molecule has 2 fully saturated rings. The quantitative estimate of drug-likeness (QED) is 0.664. The predicted octanol–water partition coefficient (Wildman–Crippen LogP) is 3.17. The lowest BCUT2D eigenvalue weighted by Crippen LogP contribution is -2.32. The first-order valence-corrected chi connectivity index (χ1v) is 11.4. The molecule has 0 bridgehead atoms. The van der Waals surface area contributed by atoms with Crippen LogP contribution in [0.25, 0.3) is 22.4 Å². The maximum atomic E-state index is 14.4. The van der Waals surface area contributed by atoms with E-state index in [2.05, 4.69) is 19.9 Å². The number of aromatic nitrogens is 4. The van der Waals surface area contributed by atoms with Gasteiger partial charge in [-0.25, -0.2) is 32.1 Å². The third kappa shape index (κ3) is 3.51. The van der Waals surface area contributed by atoms with Crippen LogP contribution in [0.1, 0.15) is 25.0 Å². The number of hydrogen-bond acceptors (Lipinski definition) is 5. The molecule has 1 aliphatic heterocycles. The molecule has 10 heteroatoms. The van der Waals surface area contributed by atoms with E-state index in [4.69, 9.17) is 11.6 Å². The molecule has 7 nitrogen and oxygen atoms in total. The van der Waals surface area contributed by atoms with Gasteiger partial charge in [0.1, 0.15) is 5.65 Å². The highest BCUT2D eigenvalue weighted by Gasteiger charge is 2.42. The van der Waals surface area contributed by atoms with E-state index >= 15 is 0 Å². The van der Waals surface area contributed by atoms with E-state index in [9.17, 15) is 12.8 Å². The molecule has 1 saturated heterocycles. The number of pyridine rings is 1. The highest BCUT2D eigenvalue weighted by molar-refractivity contribution is 7.90. The van der Waals surface area contributed by atoms with Crippen molar-refractivity contribution in [2.24, 2.45) is 5.92 Å². The number of hydrogen-bond donors (Lipinski definition) is 1. The van der Waals surface area contributed by atoms with E-state index in [-0.39, 0.29) is 11.2 Å². The molecule has 1 N–H and O–H groups in total. The first-order chi connectivity index (χ1) is 13.9. The van der Waals surface area contributed by atoms with Crippen LogP contribution in [0.4, 0.5) is 4.39 Å². The van der Waals surface area contributed by atoms with Gasteiger partial charge in [0.15, 0.2) is 11.6 Å². The third-order valence-corrected chi connectivity index (χ3v) is 8.16. The molecule has 0 spiro atoms. The number of sulfonamides is 1. The van der Waals surface area contributed by atoms with Crippen LogP contribution in [0.3, 0.4) is 0 Å².